The van der Waals surface area contributed by atoms with Crippen LogP contribution < -0.4 is 15.5 Å². The Labute approximate surface area is 194 Å². The van der Waals surface area contributed by atoms with E-state index in [2.05, 4.69) is 26.0 Å². The predicted molar refractivity (Wildman–Crippen MR) is 127 cm³/mol. The van der Waals surface area contributed by atoms with Crippen molar-refractivity contribution in [1.29, 1.82) is 0 Å². The zero-order valence-electron chi connectivity index (χ0n) is 17.3. The van der Waals surface area contributed by atoms with Gasteiger partial charge in [-0.2, -0.15) is 5.10 Å². The maximum atomic E-state index is 12.1. The van der Waals surface area contributed by atoms with Gasteiger partial charge in [-0.3, -0.25) is 14.9 Å². The van der Waals surface area contributed by atoms with Crippen molar-refractivity contribution in [3.05, 3.63) is 96.1 Å². The van der Waals surface area contributed by atoms with Crippen molar-refractivity contribution < 1.29 is 14.3 Å². The number of nitrogens with one attached hydrogen (secondary N) is 2. The molecule has 0 aliphatic rings. The SMILES string of the molecule is O=C(N/N=C/c1cccc(OCc2ccccc2)c1)C(=O)Nc1nnc(-c2ccccc2)s1. The van der Waals surface area contributed by atoms with Crippen LogP contribution in [0, 0.1) is 0 Å². The number of carbonyl (C=O) groups is 2. The Morgan fingerprint density at radius 2 is 1.67 bits per heavy atom. The maximum absolute atomic E-state index is 12.1. The van der Waals surface area contributed by atoms with Crippen LogP contribution in [0.2, 0.25) is 0 Å². The van der Waals surface area contributed by atoms with Gasteiger partial charge in [0.15, 0.2) is 0 Å². The summed E-state index contributed by atoms with van der Waals surface area (Å²) < 4.78 is 5.77. The normalized spacial score (nSPS) is 10.7. The molecule has 164 valence electrons. The first kappa shape index (κ1) is 21.8. The monoisotopic (exact) mass is 457 g/mol. The average molecular weight is 458 g/mol. The molecule has 1 heterocycles. The highest BCUT2D eigenvalue weighted by Gasteiger charge is 2.16. The number of hydrazone groups is 1. The molecule has 0 fully saturated rings. The summed E-state index contributed by atoms with van der Waals surface area (Å²) in [6.45, 7) is 0.440. The Morgan fingerprint density at radius 3 is 2.45 bits per heavy atom. The van der Waals surface area contributed by atoms with Gasteiger partial charge in [-0.05, 0) is 23.3 Å². The van der Waals surface area contributed by atoms with E-state index in [0.29, 0.717) is 22.9 Å². The van der Waals surface area contributed by atoms with Crippen molar-refractivity contribution >= 4 is 34.5 Å². The molecular weight excluding hydrogens is 438 g/mol. The van der Waals surface area contributed by atoms with E-state index in [-0.39, 0.29) is 5.13 Å². The summed E-state index contributed by atoms with van der Waals surface area (Å²) in [5.74, 6) is -1.14. The highest BCUT2D eigenvalue weighted by molar-refractivity contribution is 7.18. The molecule has 8 nitrogen and oxygen atoms in total. The van der Waals surface area contributed by atoms with Crippen LogP contribution in [-0.2, 0) is 16.2 Å². The van der Waals surface area contributed by atoms with Gasteiger partial charge < -0.3 is 4.74 Å². The molecule has 0 aliphatic heterocycles. The summed E-state index contributed by atoms with van der Waals surface area (Å²) in [7, 11) is 0. The maximum Gasteiger partial charge on any atom is 0.329 e. The van der Waals surface area contributed by atoms with E-state index in [4.69, 9.17) is 4.74 Å². The van der Waals surface area contributed by atoms with Gasteiger partial charge in [0, 0.05) is 5.56 Å². The molecule has 0 radical (unpaired) electrons. The third-order valence-electron chi connectivity index (χ3n) is 4.36. The molecule has 4 aromatic rings. The van der Waals surface area contributed by atoms with Crippen LogP contribution in [0.1, 0.15) is 11.1 Å². The fourth-order valence-corrected chi connectivity index (χ4v) is 3.51. The van der Waals surface area contributed by atoms with Gasteiger partial charge in [-0.15, -0.1) is 10.2 Å². The Hall–Kier alpha value is -4.37. The molecule has 0 aliphatic carbocycles. The summed E-state index contributed by atoms with van der Waals surface area (Å²) >= 11 is 1.17. The van der Waals surface area contributed by atoms with Crippen LogP contribution in [0.15, 0.2) is 90.0 Å². The van der Waals surface area contributed by atoms with Crippen LogP contribution in [-0.4, -0.2) is 28.2 Å². The van der Waals surface area contributed by atoms with Crippen LogP contribution in [0.5, 0.6) is 5.75 Å². The second kappa shape index (κ2) is 10.8. The van der Waals surface area contributed by atoms with Gasteiger partial charge in [0.25, 0.3) is 0 Å². The van der Waals surface area contributed by atoms with Crippen molar-refractivity contribution in [2.75, 3.05) is 5.32 Å². The van der Waals surface area contributed by atoms with Gasteiger partial charge in [0.05, 0.1) is 6.21 Å². The number of hydrogen-bond acceptors (Lipinski definition) is 7. The van der Waals surface area contributed by atoms with E-state index in [1.54, 1.807) is 12.1 Å². The lowest BCUT2D eigenvalue weighted by Crippen LogP contribution is -2.32. The van der Waals surface area contributed by atoms with Crippen molar-refractivity contribution in [2.45, 2.75) is 6.61 Å². The van der Waals surface area contributed by atoms with E-state index in [1.807, 2.05) is 72.8 Å². The number of rotatable bonds is 7. The summed E-state index contributed by atoms with van der Waals surface area (Å²) in [5.41, 5.74) is 4.84. The van der Waals surface area contributed by atoms with Gasteiger partial charge in [-0.1, -0.05) is 84.1 Å². The minimum Gasteiger partial charge on any atom is -0.489 e. The van der Waals surface area contributed by atoms with Gasteiger partial charge in [-0.25, -0.2) is 5.43 Å². The fraction of sp³-hybridized carbons (Fsp3) is 0.0417. The zero-order valence-corrected chi connectivity index (χ0v) is 18.2. The lowest BCUT2D eigenvalue weighted by molar-refractivity contribution is -0.136. The molecule has 2 amide bonds. The van der Waals surface area contributed by atoms with Crippen LogP contribution in [0.25, 0.3) is 10.6 Å². The molecule has 0 saturated heterocycles. The second-order valence-corrected chi connectivity index (χ2v) is 7.76. The topological polar surface area (TPSA) is 106 Å². The Balaban J connectivity index is 1.28. The molecule has 0 atom stereocenters. The molecular formula is C24H19N5O3S. The zero-order chi connectivity index (χ0) is 22.9. The number of nitrogens with zero attached hydrogens (tertiary/aromatic N) is 3. The molecule has 3 aromatic carbocycles. The van der Waals surface area contributed by atoms with E-state index in [0.717, 1.165) is 11.1 Å². The van der Waals surface area contributed by atoms with Gasteiger partial charge in [0.2, 0.25) is 5.13 Å². The van der Waals surface area contributed by atoms with Crippen molar-refractivity contribution in [3.63, 3.8) is 0 Å². The lowest BCUT2D eigenvalue weighted by atomic mass is 10.2. The van der Waals surface area contributed by atoms with Crippen molar-refractivity contribution in [1.82, 2.24) is 15.6 Å². The molecule has 2 N–H and O–H groups in total. The summed E-state index contributed by atoms with van der Waals surface area (Å²) in [6.07, 6.45) is 1.43. The Bertz CT molecular complexity index is 1260. The molecule has 1 aromatic heterocycles. The van der Waals surface area contributed by atoms with Crippen molar-refractivity contribution in [2.24, 2.45) is 5.10 Å². The van der Waals surface area contributed by atoms with Gasteiger partial charge >= 0.3 is 11.8 Å². The number of ether oxygens (including phenoxy) is 1. The van der Waals surface area contributed by atoms with E-state index in [1.165, 1.54) is 17.6 Å². The molecule has 33 heavy (non-hydrogen) atoms. The molecule has 0 saturated carbocycles. The minimum absolute atomic E-state index is 0.223. The molecule has 0 bridgehead atoms. The number of amides is 2. The van der Waals surface area contributed by atoms with Gasteiger partial charge in [0.1, 0.15) is 17.4 Å². The predicted octanol–water partition coefficient (Wildman–Crippen LogP) is 3.87. The third-order valence-corrected chi connectivity index (χ3v) is 5.25. The quantitative estimate of drug-likeness (QED) is 0.249. The number of aromatic nitrogens is 2. The highest BCUT2D eigenvalue weighted by Crippen LogP contribution is 2.25. The van der Waals surface area contributed by atoms with Crippen molar-refractivity contribution in [3.8, 4) is 16.3 Å². The minimum atomic E-state index is -0.917. The Morgan fingerprint density at radius 1 is 0.909 bits per heavy atom. The fourth-order valence-electron chi connectivity index (χ4n) is 2.77. The largest absolute Gasteiger partial charge is 0.489 e. The first-order chi connectivity index (χ1) is 16.2. The van der Waals surface area contributed by atoms with Crippen LogP contribution in [0.3, 0.4) is 0 Å². The smallest absolute Gasteiger partial charge is 0.329 e. The summed E-state index contributed by atoms with van der Waals surface area (Å²) in [5, 5.41) is 15.0. The molecule has 0 unspecified atom stereocenters. The third kappa shape index (κ3) is 6.31. The number of benzene rings is 3. The van der Waals surface area contributed by atoms with Crippen LogP contribution >= 0.6 is 11.3 Å². The Kier molecular flexibility index (Phi) is 7.14. The number of carbonyl (C=O) groups excluding carboxylic acids is 2. The first-order valence-electron chi connectivity index (χ1n) is 9.97. The number of hydrogen-bond donors (Lipinski definition) is 2. The lowest BCUT2D eigenvalue weighted by Gasteiger charge is -2.06. The highest BCUT2D eigenvalue weighted by atomic mass is 32.1. The van der Waals surface area contributed by atoms with E-state index in [9.17, 15) is 9.59 Å². The standard InChI is InChI=1S/C24H19N5O3S/c30-21(26-24-29-28-23(33-24)19-11-5-2-6-12-19)22(31)27-25-15-18-10-7-13-20(14-18)32-16-17-8-3-1-4-9-17/h1-15H,16H2,(H,27,31)(H,26,29,30)/b25-15+. The second-order valence-electron chi connectivity index (χ2n) is 6.78. The number of anilines is 1. The summed E-state index contributed by atoms with van der Waals surface area (Å²) in [4.78, 5) is 24.1. The van der Waals surface area contributed by atoms with E-state index < -0.39 is 11.8 Å². The molecule has 9 heteroatoms. The van der Waals surface area contributed by atoms with E-state index >= 15 is 0 Å². The molecule has 4 rings (SSSR count). The van der Waals surface area contributed by atoms with Crippen LogP contribution in [0.4, 0.5) is 5.13 Å². The summed E-state index contributed by atoms with van der Waals surface area (Å²) in [6, 6.07) is 26.5. The molecule has 0 spiro atoms. The first-order valence-corrected chi connectivity index (χ1v) is 10.8. The average Bonchev–Trinajstić information content (AvgIpc) is 3.32.